The molecule has 1 N–H and O–H groups in total. The SMILES string of the molecule is CC1(C(=O)O)CCN(S(=O)(=O)c2csc(-c3ccccc3)n2)C1. The van der Waals surface area contributed by atoms with Crippen LogP contribution in [0.4, 0.5) is 0 Å². The zero-order chi connectivity index (χ0) is 16.7. The number of sulfonamides is 1. The van der Waals surface area contributed by atoms with E-state index in [0.29, 0.717) is 11.4 Å². The van der Waals surface area contributed by atoms with E-state index < -0.39 is 21.4 Å². The van der Waals surface area contributed by atoms with E-state index >= 15 is 0 Å². The molecule has 122 valence electrons. The minimum absolute atomic E-state index is 0.0176. The molecule has 0 aliphatic carbocycles. The lowest BCUT2D eigenvalue weighted by Crippen LogP contribution is -2.35. The molecule has 0 saturated carbocycles. The summed E-state index contributed by atoms with van der Waals surface area (Å²) in [5, 5.41) is 11.4. The Kier molecular flexibility index (Phi) is 3.99. The molecule has 1 aliphatic rings. The van der Waals surface area contributed by atoms with Crippen LogP contribution in [0.15, 0.2) is 40.7 Å². The summed E-state index contributed by atoms with van der Waals surface area (Å²) in [6, 6.07) is 9.35. The van der Waals surface area contributed by atoms with Crippen molar-refractivity contribution >= 4 is 27.3 Å². The summed E-state index contributed by atoms with van der Waals surface area (Å²) in [4.78, 5) is 15.5. The van der Waals surface area contributed by atoms with Crippen molar-refractivity contribution < 1.29 is 18.3 Å². The van der Waals surface area contributed by atoms with Gasteiger partial charge in [-0.3, -0.25) is 4.79 Å². The van der Waals surface area contributed by atoms with Crippen molar-refractivity contribution in [2.45, 2.75) is 18.4 Å². The summed E-state index contributed by atoms with van der Waals surface area (Å²) in [5.41, 5.74) is -0.179. The van der Waals surface area contributed by atoms with Crippen molar-refractivity contribution in [3.05, 3.63) is 35.7 Å². The summed E-state index contributed by atoms with van der Waals surface area (Å²) >= 11 is 1.26. The molecule has 2 aromatic rings. The number of carboxylic acid groups (broad SMARTS) is 1. The largest absolute Gasteiger partial charge is 0.481 e. The van der Waals surface area contributed by atoms with Gasteiger partial charge in [-0.25, -0.2) is 13.4 Å². The van der Waals surface area contributed by atoms with Crippen molar-refractivity contribution in [1.29, 1.82) is 0 Å². The van der Waals surface area contributed by atoms with Crippen molar-refractivity contribution in [1.82, 2.24) is 9.29 Å². The Morgan fingerprint density at radius 2 is 2.04 bits per heavy atom. The molecule has 0 radical (unpaired) electrons. The van der Waals surface area contributed by atoms with Gasteiger partial charge in [-0.1, -0.05) is 30.3 Å². The van der Waals surface area contributed by atoms with Crippen LogP contribution in [0, 0.1) is 5.41 Å². The number of thiazole rings is 1. The molecule has 23 heavy (non-hydrogen) atoms. The third-order valence-electron chi connectivity index (χ3n) is 4.06. The number of carboxylic acids is 1. The van der Waals surface area contributed by atoms with Crippen LogP contribution in [0.2, 0.25) is 0 Å². The molecule has 1 fully saturated rings. The number of aromatic nitrogens is 1. The molecule has 1 aromatic heterocycles. The zero-order valence-electron chi connectivity index (χ0n) is 12.5. The Hall–Kier alpha value is -1.77. The maximum absolute atomic E-state index is 12.7. The average molecular weight is 352 g/mol. The van der Waals surface area contributed by atoms with Gasteiger partial charge >= 0.3 is 5.97 Å². The van der Waals surface area contributed by atoms with E-state index in [1.807, 2.05) is 30.3 Å². The van der Waals surface area contributed by atoms with Crippen molar-refractivity contribution in [3.63, 3.8) is 0 Å². The molecule has 1 saturated heterocycles. The predicted molar refractivity (Wildman–Crippen MR) is 86.7 cm³/mol. The third-order valence-corrected chi connectivity index (χ3v) is 6.83. The van der Waals surface area contributed by atoms with Crippen LogP contribution in [0.25, 0.3) is 10.6 Å². The lowest BCUT2D eigenvalue weighted by molar-refractivity contribution is -0.146. The van der Waals surface area contributed by atoms with E-state index in [1.165, 1.54) is 21.0 Å². The molecule has 2 heterocycles. The first-order chi connectivity index (χ1) is 10.8. The highest BCUT2D eigenvalue weighted by Gasteiger charge is 2.45. The number of hydrogen-bond donors (Lipinski definition) is 1. The van der Waals surface area contributed by atoms with E-state index in [2.05, 4.69) is 4.98 Å². The number of aliphatic carboxylic acids is 1. The van der Waals surface area contributed by atoms with Crippen LogP contribution in [-0.4, -0.2) is 41.9 Å². The molecule has 6 nitrogen and oxygen atoms in total. The van der Waals surface area contributed by atoms with Gasteiger partial charge in [0.05, 0.1) is 5.41 Å². The third kappa shape index (κ3) is 2.89. The molecule has 0 bridgehead atoms. The van der Waals surface area contributed by atoms with Crippen LogP contribution < -0.4 is 0 Å². The highest BCUT2D eigenvalue weighted by molar-refractivity contribution is 7.89. The monoisotopic (exact) mass is 352 g/mol. The maximum atomic E-state index is 12.7. The molecular weight excluding hydrogens is 336 g/mol. The van der Waals surface area contributed by atoms with Crippen LogP contribution in [0.5, 0.6) is 0 Å². The molecule has 3 rings (SSSR count). The first kappa shape index (κ1) is 16.1. The molecule has 1 aromatic carbocycles. The van der Waals surface area contributed by atoms with Gasteiger partial charge in [0, 0.05) is 24.0 Å². The Labute approximate surface area is 138 Å². The number of nitrogens with zero attached hydrogens (tertiary/aromatic N) is 2. The van der Waals surface area contributed by atoms with Gasteiger partial charge in [0.1, 0.15) is 5.01 Å². The minimum Gasteiger partial charge on any atom is -0.481 e. The molecule has 0 spiro atoms. The Morgan fingerprint density at radius 3 is 2.65 bits per heavy atom. The second-order valence-electron chi connectivity index (χ2n) is 5.81. The van der Waals surface area contributed by atoms with E-state index in [9.17, 15) is 18.3 Å². The number of hydrogen-bond acceptors (Lipinski definition) is 5. The van der Waals surface area contributed by atoms with E-state index in [-0.39, 0.29) is 18.1 Å². The van der Waals surface area contributed by atoms with Gasteiger partial charge < -0.3 is 5.11 Å². The highest BCUT2D eigenvalue weighted by atomic mass is 32.2. The summed E-state index contributed by atoms with van der Waals surface area (Å²) in [6.45, 7) is 1.74. The fourth-order valence-corrected chi connectivity index (χ4v) is 5.16. The Morgan fingerprint density at radius 1 is 1.35 bits per heavy atom. The van der Waals surface area contributed by atoms with Crippen LogP contribution in [0.1, 0.15) is 13.3 Å². The van der Waals surface area contributed by atoms with Crippen LogP contribution in [-0.2, 0) is 14.8 Å². The Balaban J connectivity index is 1.87. The highest BCUT2D eigenvalue weighted by Crippen LogP contribution is 2.34. The van der Waals surface area contributed by atoms with E-state index in [1.54, 1.807) is 6.92 Å². The summed E-state index contributed by atoms with van der Waals surface area (Å²) in [7, 11) is -3.76. The smallest absolute Gasteiger partial charge is 0.310 e. The molecule has 1 unspecified atom stereocenters. The number of benzene rings is 1. The second-order valence-corrected chi connectivity index (χ2v) is 8.55. The summed E-state index contributed by atoms with van der Waals surface area (Å²) < 4.78 is 26.5. The van der Waals surface area contributed by atoms with Crippen molar-refractivity contribution in [3.8, 4) is 10.6 Å². The topological polar surface area (TPSA) is 87.6 Å². The van der Waals surface area contributed by atoms with Crippen LogP contribution in [0.3, 0.4) is 0 Å². The fourth-order valence-electron chi connectivity index (χ4n) is 2.52. The normalized spacial score (nSPS) is 22.3. The first-order valence-electron chi connectivity index (χ1n) is 7.07. The minimum atomic E-state index is -3.76. The fraction of sp³-hybridized carbons (Fsp3) is 0.333. The molecule has 1 atom stereocenters. The van der Waals surface area contributed by atoms with Gasteiger partial charge in [-0.2, -0.15) is 4.31 Å². The quantitative estimate of drug-likeness (QED) is 0.912. The Bertz CT molecular complexity index is 832. The van der Waals surface area contributed by atoms with E-state index in [0.717, 1.165) is 5.56 Å². The molecule has 8 heteroatoms. The van der Waals surface area contributed by atoms with Gasteiger partial charge in [0.2, 0.25) is 0 Å². The van der Waals surface area contributed by atoms with Crippen LogP contribution >= 0.6 is 11.3 Å². The molecule has 1 aliphatic heterocycles. The van der Waals surface area contributed by atoms with Gasteiger partial charge in [-0.15, -0.1) is 11.3 Å². The van der Waals surface area contributed by atoms with Crippen molar-refractivity contribution in [2.75, 3.05) is 13.1 Å². The van der Waals surface area contributed by atoms with Crippen molar-refractivity contribution in [2.24, 2.45) is 5.41 Å². The lowest BCUT2D eigenvalue weighted by atomic mass is 9.90. The summed E-state index contributed by atoms with van der Waals surface area (Å²) in [6.07, 6.45) is 0.303. The van der Waals surface area contributed by atoms with Gasteiger partial charge in [0.25, 0.3) is 10.0 Å². The predicted octanol–water partition coefficient (Wildman–Crippen LogP) is 2.30. The van der Waals surface area contributed by atoms with Gasteiger partial charge in [-0.05, 0) is 13.3 Å². The number of carbonyl (C=O) groups is 1. The summed E-state index contributed by atoms with van der Waals surface area (Å²) in [5.74, 6) is -0.974. The van der Waals surface area contributed by atoms with E-state index in [4.69, 9.17) is 0 Å². The molecular formula is C15H16N2O4S2. The second kappa shape index (κ2) is 5.70. The zero-order valence-corrected chi connectivity index (χ0v) is 14.1. The maximum Gasteiger partial charge on any atom is 0.310 e. The average Bonchev–Trinajstić information content (AvgIpc) is 3.16. The number of rotatable bonds is 4. The van der Waals surface area contributed by atoms with Gasteiger partial charge in [0.15, 0.2) is 5.03 Å². The lowest BCUT2D eigenvalue weighted by Gasteiger charge is -2.19. The standard InChI is InChI=1S/C15H16N2O4S2/c1-15(14(18)19)7-8-17(10-15)23(20,21)12-9-22-13(16-12)11-5-3-2-4-6-11/h2-6,9H,7-8,10H2,1H3,(H,18,19). The first-order valence-corrected chi connectivity index (χ1v) is 9.39. The molecule has 0 amide bonds.